The van der Waals surface area contributed by atoms with Crippen LogP contribution in [-0.4, -0.2) is 43.7 Å². The SMILES string of the molecule is COc1ccc(/C=C/C(=O)OCC2CCCN2CC2CC2)cc1. The van der Waals surface area contributed by atoms with E-state index in [1.165, 1.54) is 31.9 Å². The fraction of sp³-hybridized carbons (Fsp3) is 0.526. The Hall–Kier alpha value is -1.81. The highest BCUT2D eigenvalue weighted by Gasteiger charge is 2.31. The molecule has 0 spiro atoms. The molecule has 0 amide bonds. The maximum absolute atomic E-state index is 11.9. The number of ether oxygens (including phenoxy) is 2. The van der Waals surface area contributed by atoms with Crippen molar-refractivity contribution in [3.63, 3.8) is 0 Å². The summed E-state index contributed by atoms with van der Waals surface area (Å²) in [5, 5.41) is 0. The first-order valence-electron chi connectivity index (χ1n) is 8.47. The van der Waals surface area contributed by atoms with Crippen molar-refractivity contribution >= 4 is 12.0 Å². The zero-order chi connectivity index (χ0) is 16.1. The van der Waals surface area contributed by atoms with Gasteiger partial charge in [-0.2, -0.15) is 0 Å². The molecule has 1 aromatic rings. The van der Waals surface area contributed by atoms with E-state index in [0.29, 0.717) is 12.6 Å². The Kier molecular flexibility index (Phi) is 5.34. The lowest BCUT2D eigenvalue weighted by molar-refractivity contribution is -0.139. The van der Waals surface area contributed by atoms with Crippen molar-refractivity contribution in [3.8, 4) is 5.75 Å². The van der Waals surface area contributed by atoms with Crippen LogP contribution in [0.3, 0.4) is 0 Å². The summed E-state index contributed by atoms with van der Waals surface area (Å²) in [6.07, 6.45) is 8.38. The molecule has 1 atom stereocenters. The zero-order valence-electron chi connectivity index (χ0n) is 13.7. The third-order valence-electron chi connectivity index (χ3n) is 4.63. The smallest absolute Gasteiger partial charge is 0.330 e. The van der Waals surface area contributed by atoms with Crippen molar-refractivity contribution in [1.82, 2.24) is 4.90 Å². The molecule has 1 saturated heterocycles. The van der Waals surface area contributed by atoms with Crippen molar-refractivity contribution in [1.29, 1.82) is 0 Å². The number of hydrogen-bond acceptors (Lipinski definition) is 4. The first-order valence-corrected chi connectivity index (χ1v) is 8.47. The molecular weight excluding hydrogens is 290 g/mol. The minimum atomic E-state index is -0.265. The Bertz CT molecular complexity index is 548. The normalized spacial score (nSPS) is 21.7. The van der Waals surface area contributed by atoms with Crippen LogP contribution in [0.1, 0.15) is 31.2 Å². The molecule has 1 saturated carbocycles. The van der Waals surface area contributed by atoms with Crippen LogP contribution in [0.2, 0.25) is 0 Å². The van der Waals surface area contributed by atoms with Crippen molar-refractivity contribution in [3.05, 3.63) is 35.9 Å². The van der Waals surface area contributed by atoms with E-state index in [1.807, 2.05) is 24.3 Å². The van der Waals surface area contributed by atoms with Gasteiger partial charge in [0, 0.05) is 18.7 Å². The van der Waals surface area contributed by atoms with E-state index in [-0.39, 0.29) is 5.97 Å². The first-order chi connectivity index (χ1) is 11.2. The van der Waals surface area contributed by atoms with Crippen LogP contribution < -0.4 is 4.74 Å². The van der Waals surface area contributed by atoms with Gasteiger partial charge in [-0.15, -0.1) is 0 Å². The largest absolute Gasteiger partial charge is 0.497 e. The number of carbonyl (C=O) groups is 1. The standard InChI is InChI=1S/C19H25NO3/c1-22-18-9-6-15(7-10-18)8-11-19(21)23-14-17-3-2-12-20(17)13-16-4-5-16/h6-11,16-17H,2-5,12-14H2,1H3/b11-8+. The Morgan fingerprint density at radius 1 is 1.26 bits per heavy atom. The van der Waals surface area contributed by atoms with Crippen molar-refractivity contribution in [2.45, 2.75) is 31.7 Å². The molecule has 2 aliphatic rings. The Labute approximate surface area is 138 Å². The van der Waals surface area contributed by atoms with Crippen LogP contribution in [0.5, 0.6) is 5.75 Å². The molecule has 0 aromatic heterocycles. The maximum Gasteiger partial charge on any atom is 0.330 e. The molecule has 1 aliphatic heterocycles. The first kappa shape index (κ1) is 16.1. The highest BCUT2D eigenvalue weighted by molar-refractivity contribution is 5.87. The van der Waals surface area contributed by atoms with Gasteiger partial charge in [-0.3, -0.25) is 4.90 Å². The number of benzene rings is 1. The third-order valence-corrected chi connectivity index (χ3v) is 4.63. The molecule has 124 valence electrons. The van der Waals surface area contributed by atoms with Crippen LogP contribution in [-0.2, 0) is 9.53 Å². The molecular formula is C19H25NO3. The van der Waals surface area contributed by atoms with Crippen LogP contribution in [0.4, 0.5) is 0 Å². The summed E-state index contributed by atoms with van der Waals surface area (Å²) in [5.41, 5.74) is 0.957. The van der Waals surface area contributed by atoms with Crippen LogP contribution in [0.25, 0.3) is 6.08 Å². The lowest BCUT2D eigenvalue weighted by Crippen LogP contribution is -2.35. The third kappa shape index (κ3) is 4.83. The molecule has 0 N–H and O–H groups in total. The number of carbonyl (C=O) groups excluding carboxylic acids is 1. The summed E-state index contributed by atoms with van der Waals surface area (Å²) in [5.74, 6) is 1.43. The fourth-order valence-electron chi connectivity index (χ4n) is 3.06. The van der Waals surface area contributed by atoms with Crippen LogP contribution in [0.15, 0.2) is 30.3 Å². The van der Waals surface area contributed by atoms with Gasteiger partial charge in [0.05, 0.1) is 7.11 Å². The highest BCUT2D eigenvalue weighted by atomic mass is 16.5. The Morgan fingerprint density at radius 3 is 2.74 bits per heavy atom. The van der Waals surface area contributed by atoms with Crippen molar-refractivity contribution < 1.29 is 14.3 Å². The summed E-state index contributed by atoms with van der Waals surface area (Å²) < 4.78 is 10.5. The van der Waals surface area contributed by atoms with E-state index >= 15 is 0 Å². The van der Waals surface area contributed by atoms with Crippen LogP contribution in [0, 0.1) is 5.92 Å². The van der Waals surface area contributed by atoms with Gasteiger partial charge in [-0.1, -0.05) is 12.1 Å². The van der Waals surface area contributed by atoms with Gasteiger partial charge in [-0.05, 0) is 61.9 Å². The average Bonchev–Trinajstić information content (AvgIpc) is 3.29. The van der Waals surface area contributed by atoms with Gasteiger partial charge in [0.25, 0.3) is 0 Å². The number of esters is 1. The molecule has 23 heavy (non-hydrogen) atoms. The van der Waals surface area contributed by atoms with E-state index in [1.54, 1.807) is 13.2 Å². The topological polar surface area (TPSA) is 38.8 Å². The summed E-state index contributed by atoms with van der Waals surface area (Å²) >= 11 is 0. The summed E-state index contributed by atoms with van der Waals surface area (Å²) in [7, 11) is 1.64. The molecule has 2 fully saturated rings. The van der Waals surface area contributed by atoms with E-state index in [0.717, 1.165) is 30.2 Å². The minimum Gasteiger partial charge on any atom is -0.497 e. The minimum absolute atomic E-state index is 0.265. The van der Waals surface area contributed by atoms with Gasteiger partial charge >= 0.3 is 5.97 Å². The molecule has 3 rings (SSSR count). The molecule has 1 aromatic carbocycles. The quantitative estimate of drug-likeness (QED) is 0.572. The molecule has 0 radical (unpaired) electrons. The van der Waals surface area contributed by atoms with E-state index in [4.69, 9.17) is 9.47 Å². The number of rotatable bonds is 7. The van der Waals surface area contributed by atoms with Crippen molar-refractivity contribution in [2.75, 3.05) is 26.8 Å². The lowest BCUT2D eigenvalue weighted by Gasteiger charge is -2.23. The van der Waals surface area contributed by atoms with Gasteiger partial charge < -0.3 is 9.47 Å². The lowest BCUT2D eigenvalue weighted by atomic mass is 10.2. The monoisotopic (exact) mass is 315 g/mol. The highest BCUT2D eigenvalue weighted by Crippen LogP contribution is 2.32. The second-order valence-electron chi connectivity index (χ2n) is 6.47. The molecule has 0 bridgehead atoms. The van der Waals surface area contributed by atoms with Gasteiger partial charge in [0.2, 0.25) is 0 Å². The predicted molar refractivity (Wildman–Crippen MR) is 90.3 cm³/mol. The summed E-state index contributed by atoms with van der Waals surface area (Å²) in [6.45, 7) is 2.85. The maximum atomic E-state index is 11.9. The molecule has 1 unspecified atom stereocenters. The van der Waals surface area contributed by atoms with Crippen molar-refractivity contribution in [2.24, 2.45) is 5.92 Å². The van der Waals surface area contributed by atoms with Crippen LogP contribution >= 0.6 is 0 Å². The van der Waals surface area contributed by atoms with E-state index in [2.05, 4.69) is 4.90 Å². The number of nitrogens with zero attached hydrogens (tertiary/aromatic N) is 1. The van der Waals surface area contributed by atoms with Gasteiger partial charge in [0.15, 0.2) is 0 Å². The van der Waals surface area contributed by atoms with E-state index < -0.39 is 0 Å². The summed E-state index contributed by atoms with van der Waals surface area (Å²) in [6, 6.07) is 7.99. The second-order valence-corrected chi connectivity index (χ2v) is 6.47. The number of hydrogen-bond donors (Lipinski definition) is 0. The fourth-order valence-corrected chi connectivity index (χ4v) is 3.06. The summed E-state index contributed by atoms with van der Waals surface area (Å²) in [4.78, 5) is 14.4. The average molecular weight is 315 g/mol. The van der Waals surface area contributed by atoms with E-state index in [9.17, 15) is 4.79 Å². The zero-order valence-corrected chi connectivity index (χ0v) is 13.7. The Balaban J connectivity index is 1.43. The molecule has 1 aliphatic carbocycles. The molecule has 1 heterocycles. The molecule has 4 heteroatoms. The van der Waals surface area contributed by atoms with Gasteiger partial charge in [0.1, 0.15) is 12.4 Å². The Morgan fingerprint density at radius 2 is 2.04 bits per heavy atom. The molecule has 4 nitrogen and oxygen atoms in total. The predicted octanol–water partition coefficient (Wildman–Crippen LogP) is 3.13. The number of likely N-dealkylation sites (tertiary alicyclic amines) is 1. The number of methoxy groups -OCH3 is 1. The second kappa shape index (κ2) is 7.64. The van der Waals surface area contributed by atoms with Gasteiger partial charge in [-0.25, -0.2) is 4.79 Å².